The van der Waals surface area contributed by atoms with Gasteiger partial charge < -0.3 is 23.7 Å². The lowest BCUT2D eigenvalue weighted by Gasteiger charge is -2.24. The Hall–Kier alpha value is -2.96. The molecule has 3 aromatic rings. The minimum Gasteiger partial charge on any atom is -0.497 e. The third kappa shape index (κ3) is 6.55. The van der Waals surface area contributed by atoms with Crippen LogP contribution in [0.5, 0.6) is 17.2 Å². The van der Waals surface area contributed by atoms with Gasteiger partial charge >= 0.3 is 0 Å². The maximum Gasteiger partial charge on any atom is 0.119 e. The maximum absolute atomic E-state index is 10.5. The van der Waals surface area contributed by atoms with Crippen LogP contribution in [0.15, 0.2) is 71.3 Å². The Bertz CT molecular complexity index is 848. The molecule has 29 heavy (non-hydrogen) atoms. The summed E-state index contributed by atoms with van der Waals surface area (Å²) in [4.78, 5) is 2.12. The quantitative estimate of drug-likeness (QED) is 0.532. The molecule has 0 spiro atoms. The zero-order valence-corrected chi connectivity index (χ0v) is 16.8. The number of aliphatic hydroxyl groups is 1. The lowest BCUT2D eigenvalue weighted by atomic mass is 10.2. The molecule has 1 unspecified atom stereocenters. The molecule has 0 fully saturated rings. The van der Waals surface area contributed by atoms with Crippen molar-refractivity contribution in [2.45, 2.75) is 19.2 Å². The summed E-state index contributed by atoms with van der Waals surface area (Å²) in [5.74, 6) is 3.11. The maximum atomic E-state index is 10.5. The molecule has 0 aliphatic carbocycles. The molecular weight excluding hydrogens is 370 g/mol. The molecule has 1 atom stereocenters. The van der Waals surface area contributed by atoms with E-state index < -0.39 is 6.10 Å². The Morgan fingerprint density at radius 3 is 2.34 bits per heavy atom. The highest BCUT2D eigenvalue weighted by molar-refractivity contribution is 5.31. The van der Waals surface area contributed by atoms with Crippen LogP contribution >= 0.6 is 0 Å². The molecule has 154 valence electrons. The number of hydrogen-bond acceptors (Lipinski definition) is 6. The van der Waals surface area contributed by atoms with Crippen LogP contribution in [0.3, 0.4) is 0 Å². The molecule has 0 aliphatic rings. The summed E-state index contributed by atoms with van der Waals surface area (Å²) in [6.07, 6.45) is 1.00. The number of methoxy groups -OCH3 is 2. The van der Waals surface area contributed by atoms with E-state index in [1.807, 2.05) is 60.7 Å². The van der Waals surface area contributed by atoms with E-state index in [1.165, 1.54) is 0 Å². The van der Waals surface area contributed by atoms with Gasteiger partial charge in [0, 0.05) is 13.1 Å². The largest absolute Gasteiger partial charge is 0.497 e. The van der Waals surface area contributed by atoms with Crippen LogP contribution in [-0.2, 0) is 13.1 Å². The third-order valence-electron chi connectivity index (χ3n) is 4.47. The summed E-state index contributed by atoms with van der Waals surface area (Å²) in [6.45, 7) is 1.87. The van der Waals surface area contributed by atoms with E-state index in [-0.39, 0.29) is 6.61 Å². The second kappa shape index (κ2) is 10.5. The van der Waals surface area contributed by atoms with Crippen LogP contribution < -0.4 is 14.2 Å². The molecule has 0 saturated heterocycles. The van der Waals surface area contributed by atoms with Crippen molar-refractivity contribution in [2.24, 2.45) is 0 Å². The van der Waals surface area contributed by atoms with Crippen LogP contribution in [-0.4, -0.2) is 43.5 Å². The molecule has 0 bridgehead atoms. The second-order valence-corrected chi connectivity index (χ2v) is 6.74. The average Bonchev–Trinajstić information content (AvgIpc) is 3.25. The third-order valence-corrected chi connectivity index (χ3v) is 4.47. The molecule has 0 saturated carbocycles. The lowest BCUT2D eigenvalue weighted by molar-refractivity contribution is 0.0604. The minimum atomic E-state index is -0.655. The summed E-state index contributed by atoms with van der Waals surface area (Å²) >= 11 is 0. The van der Waals surface area contributed by atoms with E-state index in [1.54, 1.807) is 20.5 Å². The number of furan rings is 1. The van der Waals surface area contributed by atoms with E-state index in [2.05, 4.69) is 4.90 Å². The predicted octanol–water partition coefficient (Wildman–Crippen LogP) is 3.74. The van der Waals surface area contributed by atoms with Gasteiger partial charge in [-0.1, -0.05) is 12.1 Å². The molecule has 2 aromatic carbocycles. The number of nitrogens with zero attached hydrogens (tertiary/aromatic N) is 1. The monoisotopic (exact) mass is 397 g/mol. The Balaban J connectivity index is 1.60. The molecule has 1 N–H and O–H groups in total. The van der Waals surface area contributed by atoms with Crippen molar-refractivity contribution >= 4 is 0 Å². The van der Waals surface area contributed by atoms with Crippen molar-refractivity contribution in [3.05, 3.63) is 78.3 Å². The van der Waals surface area contributed by atoms with Gasteiger partial charge in [-0.3, -0.25) is 4.90 Å². The van der Waals surface area contributed by atoms with Crippen LogP contribution in [0.2, 0.25) is 0 Å². The van der Waals surface area contributed by atoms with Gasteiger partial charge in [0.1, 0.15) is 35.7 Å². The van der Waals surface area contributed by atoms with Gasteiger partial charge in [-0.15, -0.1) is 0 Å². The fourth-order valence-corrected chi connectivity index (χ4v) is 3.05. The van der Waals surface area contributed by atoms with Gasteiger partial charge in [-0.25, -0.2) is 0 Å². The standard InChI is InChI=1S/C23H27NO5/c1-26-20-8-10-21(11-9-20)29-17-19(25)15-24(16-23-7-4-12-28-23)14-18-5-3-6-22(13-18)27-2/h3-13,19,25H,14-17H2,1-2H3. The highest BCUT2D eigenvalue weighted by Crippen LogP contribution is 2.18. The number of hydrogen-bond donors (Lipinski definition) is 1. The van der Waals surface area contributed by atoms with E-state index in [4.69, 9.17) is 18.6 Å². The summed E-state index contributed by atoms with van der Waals surface area (Å²) in [5.41, 5.74) is 1.10. The lowest BCUT2D eigenvalue weighted by Crippen LogP contribution is -2.35. The first kappa shape index (κ1) is 20.8. The van der Waals surface area contributed by atoms with Gasteiger partial charge in [0.15, 0.2) is 0 Å². The van der Waals surface area contributed by atoms with Crippen molar-refractivity contribution in [3.8, 4) is 17.2 Å². The Labute approximate surface area is 171 Å². The summed E-state index contributed by atoms with van der Waals surface area (Å²) in [7, 11) is 3.27. The van der Waals surface area contributed by atoms with E-state index in [0.29, 0.717) is 25.4 Å². The van der Waals surface area contributed by atoms with Crippen molar-refractivity contribution in [1.82, 2.24) is 4.90 Å². The van der Waals surface area contributed by atoms with E-state index in [0.717, 1.165) is 22.8 Å². The highest BCUT2D eigenvalue weighted by Gasteiger charge is 2.15. The fraction of sp³-hybridized carbons (Fsp3) is 0.304. The zero-order valence-electron chi connectivity index (χ0n) is 16.8. The normalized spacial score (nSPS) is 12.0. The second-order valence-electron chi connectivity index (χ2n) is 6.74. The molecule has 0 radical (unpaired) electrons. The highest BCUT2D eigenvalue weighted by atomic mass is 16.5. The Morgan fingerprint density at radius 1 is 0.897 bits per heavy atom. The number of ether oxygens (including phenoxy) is 3. The summed E-state index contributed by atoms with van der Waals surface area (Å²) < 4.78 is 21.7. The fourth-order valence-electron chi connectivity index (χ4n) is 3.05. The molecule has 1 heterocycles. The molecule has 6 heteroatoms. The van der Waals surface area contributed by atoms with Crippen LogP contribution in [0, 0.1) is 0 Å². The van der Waals surface area contributed by atoms with E-state index in [9.17, 15) is 5.11 Å². The van der Waals surface area contributed by atoms with Crippen molar-refractivity contribution in [1.29, 1.82) is 0 Å². The Morgan fingerprint density at radius 2 is 1.66 bits per heavy atom. The van der Waals surface area contributed by atoms with Crippen LogP contribution in [0.1, 0.15) is 11.3 Å². The number of rotatable bonds is 11. The SMILES string of the molecule is COc1ccc(OCC(O)CN(Cc2cccc(OC)c2)Cc2ccco2)cc1. The first-order valence-electron chi connectivity index (χ1n) is 9.49. The molecule has 6 nitrogen and oxygen atoms in total. The van der Waals surface area contributed by atoms with Crippen molar-refractivity contribution in [3.63, 3.8) is 0 Å². The number of aliphatic hydroxyl groups excluding tert-OH is 1. The van der Waals surface area contributed by atoms with E-state index >= 15 is 0 Å². The first-order valence-corrected chi connectivity index (χ1v) is 9.49. The molecule has 0 aliphatic heterocycles. The summed E-state index contributed by atoms with van der Waals surface area (Å²) in [5, 5.41) is 10.5. The van der Waals surface area contributed by atoms with Gasteiger partial charge in [0.05, 0.1) is 27.0 Å². The van der Waals surface area contributed by atoms with Crippen molar-refractivity contribution < 1.29 is 23.7 Å². The van der Waals surface area contributed by atoms with Gasteiger partial charge in [-0.05, 0) is 54.1 Å². The smallest absolute Gasteiger partial charge is 0.119 e. The number of benzene rings is 2. The first-order chi connectivity index (χ1) is 14.2. The van der Waals surface area contributed by atoms with Crippen LogP contribution in [0.4, 0.5) is 0 Å². The minimum absolute atomic E-state index is 0.194. The topological polar surface area (TPSA) is 64.3 Å². The zero-order chi connectivity index (χ0) is 20.5. The molecule has 3 rings (SSSR count). The van der Waals surface area contributed by atoms with Gasteiger partial charge in [0.2, 0.25) is 0 Å². The van der Waals surface area contributed by atoms with Gasteiger partial charge in [0.25, 0.3) is 0 Å². The van der Waals surface area contributed by atoms with Crippen LogP contribution in [0.25, 0.3) is 0 Å². The molecule has 1 aromatic heterocycles. The Kier molecular flexibility index (Phi) is 7.55. The summed E-state index contributed by atoms with van der Waals surface area (Å²) in [6, 6.07) is 19.0. The average molecular weight is 397 g/mol. The molecule has 0 amide bonds. The van der Waals surface area contributed by atoms with Gasteiger partial charge in [-0.2, -0.15) is 0 Å². The predicted molar refractivity (Wildman–Crippen MR) is 110 cm³/mol. The van der Waals surface area contributed by atoms with Crippen molar-refractivity contribution in [2.75, 3.05) is 27.4 Å². The molecular formula is C23H27NO5.